The summed E-state index contributed by atoms with van der Waals surface area (Å²) in [7, 11) is 0. The smallest absolute Gasteiger partial charge is 0.315 e. The summed E-state index contributed by atoms with van der Waals surface area (Å²) in [4.78, 5) is 12.6. The van der Waals surface area contributed by atoms with E-state index in [1.165, 1.54) is 12.0 Å². The maximum Gasteiger partial charge on any atom is 0.315 e. The van der Waals surface area contributed by atoms with Gasteiger partial charge in [0.1, 0.15) is 0 Å². The van der Waals surface area contributed by atoms with Crippen molar-refractivity contribution in [2.75, 3.05) is 6.61 Å². The lowest BCUT2D eigenvalue weighted by molar-refractivity contribution is -0.153. The molecule has 212 valence electrons. The van der Waals surface area contributed by atoms with Crippen molar-refractivity contribution in [2.24, 2.45) is 34.5 Å². The van der Waals surface area contributed by atoms with Gasteiger partial charge in [-0.1, -0.05) is 70.6 Å². The van der Waals surface area contributed by atoms with E-state index in [1.54, 1.807) is 0 Å². The molecule has 38 heavy (non-hydrogen) atoms. The van der Waals surface area contributed by atoms with E-state index in [2.05, 4.69) is 45.6 Å². The van der Waals surface area contributed by atoms with E-state index in [1.807, 2.05) is 13.0 Å². The molecule has 4 aliphatic carbocycles. The van der Waals surface area contributed by atoms with Crippen LogP contribution in [0.1, 0.15) is 91.9 Å². The van der Waals surface area contributed by atoms with Gasteiger partial charge in [0.15, 0.2) is 0 Å². The second-order valence-corrected chi connectivity index (χ2v) is 13.0. The van der Waals surface area contributed by atoms with Gasteiger partial charge in [-0.2, -0.15) is 0 Å². The van der Waals surface area contributed by atoms with Crippen LogP contribution in [0.4, 0.5) is 0 Å². The van der Waals surface area contributed by atoms with Crippen molar-refractivity contribution in [1.82, 2.24) is 0 Å². The van der Waals surface area contributed by atoms with Crippen LogP contribution < -0.4 is 0 Å². The molecule has 4 rings (SSSR count). The molecule has 5 nitrogen and oxygen atoms in total. The third-order valence-electron chi connectivity index (χ3n) is 10.6. The molecule has 5 heteroatoms. The van der Waals surface area contributed by atoms with Crippen LogP contribution in [-0.2, 0) is 9.53 Å². The van der Waals surface area contributed by atoms with E-state index in [9.17, 15) is 20.1 Å². The lowest BCUT2D eigenvalue weighted by Gasteiger charge is -2.44. The number of fused-ring (bicyclic) bond motifs is 1. The van der Waals surface area contributed by atoms with Crippen molar-refractivity contribution in [3.8, 4) is 0 Å². The Morgan fingerprint density at radius 3 is 2.61 bits per heavy atom. The average Bonchev–Trinajstić information content (AvgIpc) is 3.63. The number of rotatable bonds is 9. The van der Waals surface area contributed by atoms with Gasteiger partial charge in [0.05, 0.1) is 30.3 Å². The van der Waals surface area contributed by atoms with Crippen molar-refractivity contribution >= 4 is 5.97 Å². The number of hydrogen-bond acceptors (Lipinski definition) is 5. The Labute approximate surface area is 229 Å². The molecule has 0 aromatic heterocycles. The molecule has 0 aromatic carbocycles. The summed E-state index contributed by atoms with van der Waals surface area (Å²) >= 11 is 0. The van der Waals surface area contributed by atoms with E-state index < -0.39 is 23.7 Å². The van der Waals surface area contributed by atoms with Crippen LogP contribution in [0.25, 0.3) is 0 Å². The fraction of sp³-hybridized carbons (Fsp3) is 0.727. The number of unbranched alkanes of at least 4 members (excludes halogenated alkanes) is 1. The highest BCUT2D eigenvalue weighted by Crippen LogP contribution is 2.59. The van der Waals surface area contributed by atoms with Crippen LogP contribution >= 0.6 is 0 Å². The molecule has 4 saturated carbocycles. The molecule has 0 saturated heterocycles. The number of aliphatic hydroxyl groups excluding tert-OH is 3. The third kappa shape index (κ3) is 5.62. The Morgan fingerprint density at radius 1 is 1.18 bits per heavy atom. The van der Waals surface area contributed by atoms with E-state index in [0.29, 0.717) is 43.6 Å². The molecular weight excluding hydrogens is 476 g/mol. The molecule has 4 aliphatic rings. The van der Waals surface area contributed by atoms with E-state index in [0.717, 1.165) is 49.7 Å². The van der Waals surface area contributed by atoms with Crippen LogP contribution in [0.2, 0.25) is 0 Å². The lowest BCUT2D eigenvalue weighted by Crippen LogP contribution is -2.36. The van der Waals surface area contributed by atoms with Gasteiger partial charge in [0, 0.05) is 5.92 Å². The van der Waals surface area contributed by atoms with Crippen LogP contribution in [0.3, 0.4) is 0 Å². The number of aliphatic hydroxyl groups is 3. The Balaban J connectivity index is 1.42. The van der Waals surface area contributed by atoms with Gasteiger partial charge in [-0.05, 0) is 92.1 Å². The summed E-state index contributed by atoms with van der Waals surface area (Å²) < 4.78 is 5.45. The van der Waals surface area contributed by atoms with Crippen molar-refractivity contribution in [1.29, 1.82) is 0 Å². The highest BCUT2D eigenvalue weighted by atomic mass is 16.5. The molecule has 0 bridgehead atoms. The van der Waals surface area contributed by atoms with Crippen molar-refractivity contribution in [3.63, 3.8) is 0 Å². The predicted octanol–water partition coefficient (Wildman–Crippen LogP) is 6.05. The maximum absolute atomic E-state index is 12.6. The first-order chi connectivity index (χ1) is 18.0. The Kier molecular flexibility index (Phi) is 9.11. The monoisotopic (exact) mass is 526 g/mol. The summed E-state index contributed by atoms with van der Waals surface area (Å²) in [5, 5.41) is 31.8. The largest absolute Gasteiger partial charge is 0.465 e. The number of hydrogen-bond donors (Lipinski definition) is 3. The molecular formula is C33H50O5. The van der Waals surface area contributed by atoms with Crippen LogP contribution in [-0.4, -0.2) is 46.2 Å². The van der Waals surface area contributed by atoms with Gasteiger partial charge in [0.2, 0.25) is 0 Å². The van der Waals surface area contributed by atoms with Crippen molar-refractivity contribution in [3.05, 3.63) is 47.6 Å². The van der Waals surface area contributed by atoms with Crippen LogP contribution in [0, 0.1) is 34.5 Å². The van der Waals surface area contributed by atoms with Gasteiger partial charge in [-0.3, -0.25) is 4.79 Å². The normalized spacial score (nSPS) is 38.4. The highest BCUT2D eigenvalue weighted by molar-refractivity contribution is 5.81. The van der Waals surface area contributed by atoms with E-state index >= 15 is 0 Å². The Hall–Kier alpha value is -1.69. The topological polar surface area (TPSA) is 87.0 Å². The summed E-state index contributed by atoms with van der Waals surface area (Å²) in [5.74, 6) is 0.931. The first-order valence-corrected chi connectivity index (χ1v) is 15.0. The molecule has 0 heterocycles. The van der Waals surface area contributed by atoms with Crippen LogP contribution in [0.5, 0.6) is 0 Å². The predicted molar refractivity (Wildman–Crippen MR) is 151 cm³/mol. The molecule has 3 N–H and O–H groups in total. The zero-order valence-corrected chi connectivity index (χ0v) is 24.0. The minimum Gasteiger partial charge on any atom is -0.465 e. The lowest BCUT2D eigenvalue weighted by atomic mass is 9.61. The first-order valence-electron chi connectivity index (χ1n) is 15.0. The van der Waals surface area contributed by atoms with Crippen molar-refractivity contribution in [2.45, 2.75) is 110 Å². The second kappa shape index (κ2) is 11.8. The minimum atomic E-state index is -0.783. The Bertz CT molecular complexity index is 972. The summed E-state index contributed by atoms with van der Waals surface area (Å²) in [6.07, 6.45) is 15.9. The van der Waals surface area contributed by atoms with Gasteiger partial charge in [-0.25, -0.2) is 0 Å². The quantitative estimate of drug-likeness (QED) is 0.193. The molecule has 0 radical (unpaired) electrons. The van der Waals surface area contributed by atoms with E-state index in [-0.39, 0.29) is 17.3 Å². The average molecular weight is 527 g/mol. The second-order valence-electron chi connectivity index (χ2n) is 13.0. The number of ether oxygens (including phenoxy) is 1. The summed E-state index contributed by atoms with van der Waals surface area (Å²) in [6.45, 7) is 13.2. The molecule has 0 aromatic rings. The van der Waals surface area contributed by atoms with Crippen LogP contribution in [0.15, 0.2) is 47.6 Å². The van der Waals surface area contributed by atoms with Gasteiger partial charge >= 0.3 is 5.97 Å². The maximum atomic E-state index is 12.6. The number of carbonyl (C=O) groups is 1. The standard InChI is InChI=1S/C33H50O5/c1-6-7-19-38-31(37)33(17-18-33)29(35)15-10-21(2)26-13-14-27-24(9-8-16-32(26,27)5)11-12-25-20-28(34)23(4)30(36)22(25)3/h10-12,15,21,23,26-30,34-36H,3,6-9,13-14,16-20H2,1-2,4-5H3/b15-10+,24-11+,25-12-/t21-,23+,26-,27+,28-,29-,30-,32-/m1/s1. The zero-order chi connectivity index (χ0) is 27.7. The fourth-order valence-electron chi connectivity index (χ4n) is 7.59. The number of allylic oxidation sites excluding steroid dienone is 4. The Morgan fingerprint density at radius 2 is 1.92 bits per heavy atom. The van der Waals surface area contributed by atoms with E-state index in [4.69, 9.17) is 4.74 Å². The van der Waals surface area contributed by atoms with Gasteiger partial charge < -0.3 is 20.1 Å². The molecule has 4 fully saturated rings. The van der Waals surface area contributed by atoms with Gasteiger partial charge in [0.25, 0.3) is 0 Å². The highest BCUT2D eigenvalue weighted by Gasteiger charge is 2.56. The minimum absolute atomic E-state index is 0.185. The number of carbonyl (C=O) groups excluding carboxylic acids is 1. The zero-order valence-electron chi connectivity index (χ0n) is 24.0. The van der Waals surface area contributed by atoms with Crippen molar-refractivity contribution < 1.29 is 24.9 Å². The SMILES string of the molecule is C=C1/C(=C\C=C2/CCC[C@]3(C)[C@@H]([C@H](C)/C=C/[C@@H](O)C4(C(=O)OCCCC)CC4)CC[C@@H]23)C[C@@H](O)[C@H](C)[C@@H]1O. The number of esters is 1. The third-order valence-corrected chi connectivity index (χ3v) is 10.6. The molecule has 8 atom stereocenters. The van der Waals surface area contributed by atoms with Gasteiger partial charge in [-0.15, -0.1) is 0 Å². The summed E-state index contributed by atoms with van der Waals surface area (Å²) in [5.41, 5.74) is 2.65. The first kappa shape index (κ1) is 29.3. The molecule has 0 aliphatic heterocycles. The molecule has 0 unspecified atom stereocenters. The molecule has 0 spiro atoms. The summed E-state index contributed by atoms with van der Waals surface area (Å²) in [6, 6.07) is 0. The molecule has 0 amide bonds. The fourth-order valence-corrected chi connectivity index (χ4v) is 7.59.